The summed E-state index contributed by atoms with van der Waals surface area (Å²) in [5.74, 6) is 1.20. The van der Waals surface area contributed by atoms with Crippen molar-refractivity contribution in [1.82, 2.24) is 4.98 Å². The highest BCUT2D eigenvalue weighted by molar-refractivity contribution is 7.91. The van der Waals surface area contributed by atoms with Crippen LogP contribution in [0.1, 0.15) is 5.56 Å². The molecular formula is C21H22N2O6S. The van der Waals surface area contributed by atoms with Gasteiger partial charge in [-0.25, -0.2) is 8.42 Å². The van der Waals surface area contributed by atoms with Gasteiger partial charge in [0, 0.05) is 25.3 Å². The average Bonchev–Trinajstić information content (AvgIpc) is 3.18. The lowest BCUT2D eigenvalue weighted by Crippen LogP contribution is -2.16. The molecule has 1 aliphatic heterocycles. The molecule has 0 bridgehead atoms. The van der Waals surface area contributed by atoms with Gasteiger partial charge in [0.05, 0.1) is 11.5 Å². The lowest BCUT2D eigenvalue weighted by atomic mass is 10.1. The SMILES string of the molecule is COCCNc1oc(-c2ccccc2C)nc1S(=O)(=O)c1ccc2c(c1)OCCO2. The number of methoxy groups -OCH3 is 1. The van der Waals surface area contributed by atoms with E-state index in [4.69, 9.17) is 18.6 Å². The van der Waals surface area contributed by atoms with Crippen LogP contribution >= 0.6 is 0 Å². The molecule has 8 nitrogen and oxygen atoms in total. The Bertz CT molecular complexity index is 1160. The van der Waals surface area contributed by atoms with Crippen LogP contribution in [0, 0.1) is 6.92 Å². The Labute approximate surface area is 174 Å². The van der Waals surface area contributed by atoms with Crippen LogP contribution in [-0.2, 0) is 14.6 Å². The summed E-state index contributed by atoms with van der Waals surface area (Å²) in [4.78, 5) is 4.40. The van der Waals surface area contributed by atoms with Crippen LogP contribution in [0.15, 0.2) is 56.8 Å². The average molecular weight is 430 g/mol. The van der Waals surface area contributed by atoms with E-state index >= 15 is 0 Å². The van der Waals surface area contributed by atoms with Crippen molar-refractivity contribution in [3.8, 4) is 23.0 Å². The molecule has 1 N–H and O–H groups in total. The highest BCUT2D eigenvalue weighted by Crippen LogP contribution is 2.37. The van der Waals surface area contributed by atoms with Gasteiger partial charge in [0.15, 0.2) is 11.5 Å². The van der Waals surface area contributed by atoms with Crippen LogP contribution in [0.2, 0.25) is 0 Å². The number of nitrogens with one attached hydrogen (secondary N) is 1. The Hall–Kier alpha value is -3.04. The van der Waals surface area contributed by atoms with Gasteiger partial charge in [0.1, 0.15) is 13.2 Å². The summed E-state index contributed by atoms with van der Waals surface area (Å²) in [6.07, 6.45) is 0. The minimum absolute atomic E-state index is 0.0474. The fraction of sp³-hybridized carbons (Fsp3) is 0.286. The van der Waals surface area contributed by atoms with Crippen LogP contribution < -0.4 is 14.8 Å². The molecule has 0 saturated carbocycles. The Morgan fingerprint density at radius 3 is 2.63 bits per heavy atom. The first-order valence-corrected chi connectivity index (χ1v) is 10.9. The Kier molecular flexibility index (Phi) is 5.65. The number of ether oxygens (including phenoxy) is 3. The second-order valence-electron chi connectivity index (χ2n) is 6.70. The first-order valence-electron chi connectivity index (χ1n) is 9.45. The molecule has 2 heterocycles. The van der Waals surface area contributed by atoms with Crippen LogP contribution in [0.3, 0.4) is 0 Å². The molecule has 0 saturated heterocycles. The lowest BCUT2D eigenvalue weighted by molar-refractivity contribution is 0.171. The Balaban J connectivity index is 1.78. The van der Waals surface area contributed by atoms with E-state index < -0.39 is 9.84 Å². The van der Waals surface area contributed by atoms with Crippen molar-refractivity contribution in [1.29, 1.82) is 0 Å². The third-order valence-electron chi connectivity index (χ3n) is 4.64. The van der Waals surface area contributed by atoms with Gasteiger partial charge in [0.25, 0.3) is 0 Å². The molecule has 0 fully saturated rings. The van der Waals surface area contributed by atoms with E-state index in [0.29, 0.717) is 37.9 Å². The number of nitrogens with zero attached hydrogens (tertiary/aromatic N) is 1. The van der Waals surface area contributed by atoms with Gasteiger partial charge in [-0.1, -0.05) is 18.2 Å². The molecular weight excluding hydrogens is 408 g/mol. The van der Waals surface area contributed by atoms with Crippen molar-refractivity contribution in [3.05, 3.63) is 48.0 Å². The number of fused-ring (bicyclic) bond motifs is 1. The summed E-state index contributed by atoms with van der Waals surface area (Å²) in [7, 11) is -2.42. The number of aryl methyl sites for hydroxylation is 1. The maximum absolute atomic E-state index is 13.4. The van der Waals surface area contributed by atoms with Crippen LogP contribution in [-0.4, -0.2) is 46.9 Å². The van der Waals surface area contributed by atoms with Gasteiger partial charge in [-0.15, -0.1) is 0 Å². The molecule has 0 radical (unpaired) electrons. The van der Waals surface area contributed by atoms with Crippen molar-refractivity contribution in [2.75, 3.05) is 38.8 Å². The summed E-state index contributed by atoms with van der Waals surface area (Å²) in [5, 5.41) is 2.79. The van der Waals surface area contributed by atoms with Crippen molar-refractivity contribution in [3.63, 3.8) is 0 Å². The third-order valence-corrected chi connectivity index (χ3v) is 6.30. The van der Waals surface area contributed by atoms with Gasteiger partial charge in [0.2, 0.25) is 26.6 Å². The van der Waals surface area contributed by atoms with Crippen LogP contribution in [0.5, 0.6) is 11.5 Å². The van der Waals surface area contributed by atoms with Crippen molar-refractivity contribution in [2.45, 2.75) is 16.8 Å². The van der Waals surface area contributed by atoms with Gasteiger partial charge < -0.3 is 23.9 Å². The molecule has 4 rings (SSSR count). The highest BCUT2D eigenvalue weighted by atomic mass is 32.2. The van der Waals surface area contributed by atoms with Crippen molar-refractivity contribution in [2.24, 2.45) is 0 Å². The standard InChI is InChI=1S/C21H22N2O6S/c1-14-5-3-4-6-16(14)19-23-21(20(29-19)22-9-10-26-2)30(24,25)15-7-8-17-18(13-15)28-12-11-27-17/h3-8,13,22H,9-12H2,1-2H3. The smallest absolute Gasteiger partial charge is 0.233 e. The quantitative estimate of drug-likeness (QED) is 0.570. The Morgan fingerprint density at radius 2 is 1.87 bits per heavy atom. The van der Waals surface area contributed by atoms with Gasteiger partial charge in [-0.05, 0) is 30.7 Å². The predicted octanol–water partition coefficient (Wildman–Crippen LogP) is 3.31. The molecule has 9 heteroatoms. The molecule has 3 aromatic rings. The number of aromatic nitrogens is 1. The lowest BCUT2D eigenvalue weighted by Gasteiger charge is -2.18. The molecule has 158 valence electrons. The number of sulfone groups is 1. The number of hydrogen-bond acceptors (Lipinski definition) is 8. The fourth-order valence-electron chi connectivity index (χ4n) is 3.10. The molecule has 2 aromatic carbocycles. The topological polar surface area (TPSA) is 99.9 Å². The molecule has 0 atom stereocenters. The maximum Gasteiger partial charge on any atom is 0.233 e. The zero-order valence-electron chi connectivity index (χ0n) is 16.7. The summed E-state index contributed by atoms with van der Waals surface area (Å²) in [6, 6.07) is 12.0. The zero-order valence-corrected chi connectivity index (χ0v) is 17.5. The minimum atomic E-state index is -3.98. The zero-order chi connectivity index (χ0) is 21.1. The second-order valence-corrected chi connectivity index (χ2v) is 8.56. The van der Waals surface area contributed by atoms with Crippen molar-refractivity contribution >= 4 is 15.7 Å². The van der Waals surface area contributed by atoms with Gasteiger partial charge >= 0.3 is 0 Å². The normalized spacial score (nSPS) is 13.3. The molecule has 0 spiro atoms. The minimum Gasteiger partial charge on any atom is -0.486 e. The molecule has 0 amide bonds. The largest absolute Gasteiger partial charge is 0.486 e. The third kappa shape index (κ3) is 3.86. The molecule has 1 aromatic heterocycles. The number of rotatable bonds is 7. The molecule has 0 unspecified atom stereocenters. The van der Waals surface area contributed by atoms with Gasteiger partial charge in [-0.2, -0.15) is 4.98 Å². The van der Waals surface area contributed by atoms with E-state index in [-0.39, 0.29) is 21.7 Å². The molecule has 0 aliphatic carbocycles. The Morgan fingerprint density at radius 1 is 1.10 bits per heavy atom. The monoisotopic (exact) mass is 430 g/mol. The molecule has 1 aliphatic rings. The van der Waals surface area contributed by atoms with E-state index in [1.54, 1.807) is 13.2 Å². The predicted molar refractivity (Wildman–Crippen MR) is 110 cm³/mol. The van der Waals surface area contributed by atoms with Crippen LogP contribution in [0.25, 0.3) is 11.5 Å². The maximum atomic E-state index is 13.4. The number of hydrogen-bond donors (Lipinski definition) is 1. The van der Waals surface area contributed by atoms with E-state index in [1.807, 2.05) is 31.2 Å². The number of anilines is 1. The van der Waals surface area contributed by atoms with E-state index in [0.717, 1.165) is 11.1 Å². The van der Waals surface area contributed by atoms with Crippen molar-refractivity contribution < 1.29 is 27.0 Å². The van der Waals surface area contributed by atoms with E-state index in [9.17, 15) is 8.42 Å². The van der Waals surface area contributed by atoms with Gasteiger partial charge in [-0.3, -0.25) is 0 Å². The number of benzene rings is 2. The fourth-order valence-corrected chi connectivity index (χ4v) is 4.39. The summed E-state index contributed by atoms with van der Waals surface area (Å²) < 4.78 is 48.7. The molecule has 30 heavy (non-hydrogen) atoms. The van der Waals surface area contributed by atoms with E-state index in [2.05, 4.69) is 10.3 Å². The number of oxazole rings is 1. The van der Waals surface area contributed by atoms with E-state index in [1.165, 1.54) is 12.1 Å². The van der Waals surface area contributed by atoms with Crippen LogP contribution in [0.4, 0.5) is 5.88 Å². The summed E-state index contributed by atoms with van der Waals surface area (Å²) in [6.45, 7) is 3.44. The highest BCUT2D eigenvalue weighted by Gasteiger charge is 2.30. The first kappa shape index (κ1) is 20.2. The second kappa shape index (κ2) is 8.37. The summed E-state index contributed by atoms with van der Waals surface area (Å²) >= 11 is 0. The summed E-state index contributed by atoms with van der Waals surface area (Å²) in [5.41, 5.74) is 1.64. The first-order chi connectivity index (χ1) is 14.5.